The number of hydrogen-bond acceptors (Lipinski definition) is 2. The Hall–Kier alpha value is -1.58. The lowest BCUT2D eigenvalue weighted by molar-refractivity contribution is -0.140. The second-order valence-corrected chi connectivity index (χ2v) is 5.22. The Balaban J connectivity index is 2.67. The van der Waals surface area contributed by atoms with E-state index in [1.54, 1.807) is 19.1 Å². The van der Waals surface area contributed by atoms with Crippen LogP contribution in [0.4, 0.5) is 10.1 Å². The largest absolute Gasteiger partial charge is 0.481 e. The van der Waals surface area contributed by atoms with Crippen LogP contribution in [0.1, 0.15) is 39.5 Å². The van der Waals surface area contributed by atoms with Gasteiger partial charge in [0.1, 0.15) is 5.82 Å². The van der Waals surface area contributed by atoms with E-state index in [0.29, 0.717) is 6.54 Å². The van der Waals surface area contributed by atoms with Gasteiger partial charge in [-0.25, -0.2) is 4.39 Å². The van der Waals surface area contributed by atoms with E-state index in [9.17, 15) is 9.18 Å². The molecule has 0 radical (unpaired) electrons. The fourth-order valence-electron chi connectivity index (χ4n) is 2.12. The zero-order valence-corrected chi connectivity index (χ0v) is 12.3. The molecule has 0 spiro atoms. The summed E-state index contributed by atoms with van der Waals surface area (Å²) in [5.74, 6) is -1.51. The number of carboxylic acid groups (broad SMARTS) is 1. The lowest BCUT2D eigenvalue weighted by atomic mass is 10.1. The average molecular weight is 281 g/mol. The van der Waals surface area contributed by atoms with Gasteiger partial charge in [0, 0.05) is 18.8 Å². The number of anilines is 1. The minimum absolute atomic E-state index is 0.272. The van der Waals surface area contributed by atoms with Gasteiger partial charge in [-0.1, -0.05) is 33.1 Å². The molecular formula is C16H24FNO2. The highest BCUT2D eigenvalue weighted by molar-refractivity contribution is 5.70. The first-order chi connectivity index (χ1) is 9.54. The van der Waals surface area contributed by atoms with Crippen LogP contribution >= 0.6 is 0 Å². The fourth-order valence-corrected chi connectivity index (χ4v) is 2.12. The first kappa shape index (κ1) is 16.5. The van der Waals surface area contributed by atoms with E-state index >= 15 is 0 Å². The maximum absolute atomic E-state index is 13.0. The monoisotopic (exact) mass is 281 g/mol. The van der Waals surface area contributed by atoms with Crippen LogP contribution in [-0.2, 0) is 4.79 Å². The van der Waals surface area contributed by atoms with Crippen molar-refractivity contribution in [3.63, 3.8) is 0 Å². The van der Waals surface area contributed by atoms with Crippen molar-refractivity contribution in [1.82, 2.24) is 0 Å². The molecule has 1 unspecified atom stereocenters. The zero-order chi connectivity index (χ0) is 15.0. The van der Waals surface area contributed by atoms with Crippen molar-refractivity contribution in [1.29, 1.82) is 0 Å². The second kappa shape index (κ2) is 8.56. The number of nitrogens with zero attached hydrogens (tertiary/aromatic N) is 1. The number of carbonyl (C=O) groups is 1. The Morgan fingerprint density at radius 3 is 2.45 bits per heavy atom. The summed E-state index contributed by atoms with van der Waals surface area (Å²) in [5, 5.41) is 9.04. The summed E-state index contributed by atoms with van der Waals surface area (Å²) in [6.07, 6.45) is 4.51. The minimum Gasteiger partial charge on any atom is -0.481 e. The molecule has 1 aromatic rings. The number of aliphatic carboxylic acids is 1. The molecule has 1 rings (SSSR count). The van der Waals surface area contributed by atoms with Gasteiger partial charge in [0.25, 0.3) is 0 Å². The quantitative estimate of drug-likeness (QED) is 0.697. The van der Waals surface area contributed by atoms with Crippen LogP contribution in [0.15, 0.2) is 24.3 Å². The van der Waals surface area contributed by atoms with Gasteiger partial charge in [0.15, 0.2) is 0 Å². The number of halogens is 1. The van der Waals surface area contributed by atoms with Gasteiger partial charge in [0.05, 0.1) is 5.92 Å². The lowest BCUT2D eigenvalue weighted by Gasteiger charge is -2.26. The Labute approximate surface area is 120 Å². The molecule has 0 amide bonds. The molecule has 1 N–H and O–H groups in total. The molecule has 1 aromatic carbocycles. The maximum Gasteiger partial charge on any atom is 0.308 e. The smallest absolute Gasteiger partial charge is 0.308 e. The summed E-state index contributed by atoms with van der Waals surface area (Å²) >= 11 is 0. The predicted octanol–water partition coefficient (Wildman–Crippen LogP) is 3.93. The van der Waals surface area contributed by atoms with Crippen LogP contribution in [0.5, 0.6) is 0 Å². The van der Waals surface area contributed by atoms with Gasteiger partial charge in [-0.15, -0.1) is 0 Å². The number of benzene rings is 1. The zero-order valence-electron chi connectivity index (χ0n) is 12.3. The van der Waals surface area contributed by atoms with Gasteiger partial charge >= 0.3 is 5.97 Å². The third-order valence-corrected chi connectivity index (χ3v) is 3.39. The van der Waals surface area contributed by atoms with E-state index in [0.717, 1.165) is 25.1 Å². The van der Waals surface area contributed by atoms with E-state index in [1.807, 2.05) is 4.90 Å². The van der Waals surface area contributed by atoms with Gasteiger partial charge in [-0.2, -0.15) is 0 Å². The van der Waals surface area contributed by atoms with Crippen LogP contribution in [0.2, 0.25) is 0 Å². The molecule has 0 saturated heterocycles. The molecule has 0 bridgehead atoms. The molecule has 0 saturated carbocycles. The molecule has 0 heterocycles. The van der Waals surface area contributed by atoms with Crippen molar-refractivity contribution >= 4 is 11.7 Å². The molecule has 112 valence electrons. The molecule has 1 atom stereocenters. The Morgan fingerprint density at radius 1 is 1.25 bits per heavy atom. The molecule has 3 nitrogen and oxygen atoms in total. The molecule has 0 fully saturated rings. The Kier molecular flexibility index (Phi) is 7.05. The SMILES string of the molecule is CCCCCCN(CC(C)C(=O)O)c1ccc(F)cc1. The molecule has 0 aliphatic heterocycles. The highest BCUT2D eigenvalue weighted by Gasteiger charge is 2.16. The van der Waals surface area contributed by atoms with Gasteiger partial charge < -0.3 is 10.0 Å². The van der Waals surface area contributed by atoms with E-state index in [4.69, 9.17) is 5.11 Å². The lowest BCUT2D eigenvalue weighted by Crippen LogP contribution is -2.32. The van der Waals surface area contributed by atoms with Gasteiger partial charge in [-0.3, -0.25) is 4.79 Å². The standard InChI is InChI=1S/C16H24FNO2/c1-3-4-5-6-11-18(12-13(2)16(19)20)15-9-7-14(17)8-10-15/h7-10,13H,3-6,11-12H2,1-2H3,(H,19,20). The molecule has 4 heteroatoms. The first-order valence-corrected chi connectivity index (χ1v) is 7.28. The van der Waals surface area contributed by atoms with E-state index in [1.165, 1.54) is 25.0 Å². The number of hydrogen-bond donors (Lipinski definition) is 1. The predicted molar refractivity (Wildman–Crippen MR) is 79.6 cm³/mol. The molecule has 0 aliphatic rings. The third kappa shape index (κ3) is 5.59. The van der Waals surface area contributed by atoms with Crippen LogP contribution in [-0.4, -0.2) is 24.2 Å². The summed E-state index contributed by atoms with van der Waals surface area (Å²) in [5.41, 5.74) is 0.885. The van der Waals surface area contributed by atoms with Crippen molar-refractivity contribution in [3.05, 3.63) is 30.1 Å². The van der Waals surface area contributed by atoms with Crippen molar-refractivity contribution < 1.29 is 14.3 Å². The summed E-state index contributed by atoms with van der Waals surface area (Å²) in [4.78, 5) is 13.0. The van der Waals surface area contributed by atoms with Crippen LogP contribution in [0.25, 0.3) is 0 Å². The third-order valence-electron chi connectivity index (χ3n) is 3.39. The number of rotatable bonds is 9. The van der Waals surface area contributed by atoms with Crippen molar-refractivity contribution in [3.8, 4) is 0 Å². The van der Waals surface area contributed by atoms with Crippen LogP contribution < -0.4 is 4.90 Å². The molecule has 0 aromatic heterocycles. The van der Waals surface area contributed by atoms with E-state index in [2.05, 4.69) is 6.92 Å². The van der Waals surface area contributed by atoms with Crippen molar-refractivity contribution in [2.75, 3.05) is 18.0 Å². The van der Waals surface area contributed by atoms with Crippen molar-refractivity contribution in [2.45, 2.75) is 39.5 Å². The molecule has 0 aliphatic carbocycles. The highest BCUT2D eigenvalue weighted by atomic mass is 19.1. The molecule has 20 heavy (non-hydrogen) atoms. The van der Waals surface area contributed by atoms with Crippen LogP contribution in [0.3, 0.4) is 0 Å². The van der Waals surface area contributed by atoms with E-state index < -0.39 is 11.9 Å². The Bertz CT molecular complexity index is 405. The summed E-state index contributed by atoms with van der Waals surface area (Å²) < 4.78 is 13.0. The normalized spacial score (nSPS) is 12.2. The molecular weight excluding hydrogens is 257 g/mol. The van der Waals surface area contributed by atoms with Crippen LogP contribution in [0, 0.1) is 11.7 Å². The first-order valence-electron chi connectivity index (χ1n) is 7.28. The topological polar surface area (TPSA) is 40.5 Å². The second-order valence-electron chi connectivity index (χ2n) is 5.22. The number of carboxylic acids is 1. The fraction of sp³-hybridized carbons (Fsp3) is 0.562. The summed E-state index contributed by atoms with van der Waals surface area (Å²) in [6, 6.07) is 6.26. The minimum atomic E-state index is -0.800. The average Bonchev–Trinajstić information content (AvgIpc) is 2.43. The summed E-state index contributed by atoms with van der Waals surface area (Å²) in [6.45, 7) is 5.12. The number of unbranched alkanes of at least 4 members (excludes halogenated alkanes) is 3. The van der Waals surface area contributed by atoms with Gasteiger partial charge in [0.2, 0.25) is 0 Å². The van der Waals surface area contributed by atoms with E-state index in [-0.39, 0.29) is 5.82 Å². The van der Waals surface area contributed by atoms with Gasteiger partial charge in [-0.05, 0) is 30.7 Å². The summed E-state index contributed by atoms with van der Waals surface area (Å²) in [7, 11) is 0. The highest BCUT2D eigenvalue weighted by Crippen LogP contribution is 2.18. The maximum atomic E-state index is 13.0. The Morgan fingerprint density at radius 2 is 1.90 bits per heavy atom. The van der Waals surface area contributed by atoms with Crippen molar-refractivity contribution in [2.24, 2.45) is 5.92 Å².